The maximum atomic E-state index is 5.36. The molecule has 80 valence electrons. The second kappa shape index (κ2) is 7.34. The molecule has 2 heteroatoms. The van der Waals surface area contributed by atoms with E-state index in [1.807, 2.05) is 13.8 Å². The van der Waals surface area contributed by atoms with E-state index in [4.69, 9.17) is 9.47 Å². The van der Waals surface area contributed by atoms with Gasteiger partial charge in [-0.25, -0.2) is 0 Å². The topological polar surface area (TPSA) is 18.5 Å². The fourth-order valence-electron chi connectivity index (χ4n) is 1.79. The quantitative estimate of drug-likeness (QED) is 0.663. The van der Waals surface area contributed by atoms with Crippen LogP contribution in [-0.4, -0.2) is 26.4 Å². The summed E-state index contributed by atoms with van der Waals surface area (Å²) in [6.07, 6.45) is 4.33. The molecule has 0 heterocycles. The smallest absolute Gasteiger partial charge is 0.0621 e. The average Bonchev–Trinajstić information content (AvgIpc) is 2.22. The van der Waals surface area contributed by atoms with E-state index in [9.17, 15) is 0 Å². The van der Waals surface area contributed by atoms with Crippen molar-refractivity contribution in [2.24, 2.45) is 5.92 Å². The van der Waals surface area contributed by atoms with Crippen LogP contribution < -0.4 is 0 Å². The Hall–Kier alpha value is -0.0800. The summed E-state index contributed by atoms with van der Waals surface area (Å²) < 4.78 is 10.6. The van der Waals surface area contributed by atoms with E-state index in [1.54, 1.807) is 14.2 Å². The van der Waals surface area contributed by atoms with E-state index in [0.717, 1.165) is 6.42 Å². The zero-order chi connectivity index (χ0) is 10.3. The molecule has 1 saturated carbocycles. The first-order valence-electron chi connectivity index (χ1n) is 5.33. The van der Waals surface area contributed by atoms with Crippen LogP contribution in [0.1, 0.15) is 40.0 Å². The normalized spacial score (nSPS) is 33.5. The molecule has 1 rings (SSSR count). The van der Waals surface area contributed by atoms with Crippen LogP contribution in [0.2, 0.25) is 0 Å². The largest absolute Gasteiger partial charge is 0.381 e. The fourth-order valence-corrected chi connectivity index (χ4v) is 1.79. The summed E-state index contributed by atoms with van der Waals surface area (Å²) in [6.45, 7) is 6.25. The summed E-state index contributed by atoms with van der Waals surface area (Å²) in [5, 5.41) is 0. The summed E-state index contributed by atoms with van der Waals surface area (Å²) in [5.41, 5.74) is 0. The molecular formula is C11H24O2. The second-order valence-corrected chi connectivity index (χ2v) is 3.42. The molecule has 0 aromatic rings. The van der Waals surface area contributed by atoms with Crippen LogP contribution in [0.15, 0.2) is 0 Å². The third-order valence-corrected chi connectivity index (χ3v) is 2.71. The van der Waals surface area contributed by atoms with Gasteiger partial charge in [0.2, 0.25) is 0 Å². The minimum atomic E-state index is 0.411. The summed E-state index contributed by atoms with van der Waals surface area (Å²) >= 11 is 0. The van der Waals surface area contributed by atoms with Crippen molar-refractivity contribution >= 4 is 0 Å². The van der Waals surface area contributed by atoms with Crippen molar-refractivity contribution in [2.75, 3.05) is 14.2 Å². The zero-order valence-electron chi connectivity index (χ0n) is 9.67. The Kier molecular flexibility index (Phi) is 7.29. The summed E-state index contributed by atoms with van der Waals surface area (Å²) in [7, 11) is 3.58. The lowest BCUT2D eigenvalue weighted by atomic mass is 9.86. The molecule has 0 aromatic heterocycles. The highest BCUT2D eigenvalue weighted by molar-refractivity contribution is 4.78. The molecule has 0 aromatic carbocycles. The van der Waals surface area contributed by atoms with E-state index >= 15 is 0 Å². The number of hydrogen-bond acceptors (Lipinski definition) is 2. The average molecular weight is 188 g/mol. The number of methoxy groups -OCH3 is 2. The van der Waals surface area contributed by atoms with Gasteiger partial charge >= 0.3 is 0 Å². The molecular weight excluding hydrogens is 164 g/mol. The molecule has 0 saturated heterocycles. The Morgan fingerprint density at radius 1 is 1.00 bits per heavy atom. The number of ether oxygens (including phenoxy) is 2. The molecule has 0 N–H and O–H groups in total. The van der Waals surface area contributed by atoms with Gasteiger partial charge in [-0.2, -0.15) is 0 Å². The number of rotatable bonds is 2. The first-order valence-corrected chi connectivity index (χ1v) is 5.33. The van der Waals surface area contributed by atoms with Gasteiger partial charge in [-0.3, -0.25) is 0 Å². The van der Waals surface area contributed by atoms with Gasteiger partial charge in [-0.15, -0.1) is 0 Å². The molecule has 0 radical (unpaired) electrons. The molecule has 2 nitrogen and oxygen atoms in total. The maximum absolute atomic E-state index is 5.36. The van der Waals surface area contributed by atoms with Crippen LogP contribution in [0.3, 0.4) is 0 Å². The van der Waals surface area contributed by atoms with Gasteiger partial charge in [0.1, 0.15) is 0 Å². The molecule has 0 spiro atoms. The Bertz CT molecular complexity index is 115. The van der Waals surface area contributed by atoms with Gasteiger partial charge in [0.25, 0.3) is 0 Å². The highest BCUT2D eigenvalue weighted by Gasteiger charge is 2.27. The van der Waals surface area contributed by atoms with E-state index in [0.29, 0.717) is 18.1 Å². The van der Waals surface area contributed by atoms with Crippen LogP contribution in [0, 0.1) is 5.92 Å². The van der Waals surface area contributed by atoms with Crippen molar-refractivity contribution in [2.45, 2.75) is 52.2 Å². The fraction of sp³-hybridized carbons (Fsp3) is 1.00. The molecule has 0 aliphatic heterocycles. The summed E-state index contributed by atoms with van der Waals surface area (Å²) in [4.78, 5) is 0. The SMILES string of the molecule is CC.COC1CCC(C)C(OC)C1. The Morgan fingerprint density at radius 3 is 2.08 bits per heavy atom. The molecule has 1 aliphatic rings. The predicted molar refractivity (Wildman–Crippen MR) is 56.0 cm³/mol. The lowest BCUT2D eigenvalue weighted by Gasteiger charge is -2.32. The summed E-state index contributed by atoms with van der Waals surface area (Å²) in [5.74, 6) is 0.700. The minimum Gasteiger partial charge on any atom is -0.381 e. The second-order valence-electron chi connectivity index (χ2n) is 3.42. The van der Waals surface area contributed by atoms with Gasteiger partial charge in [-0.1, -0.05) is 20.8 Å². The number of hydrogen-bond donors (Lipinski definition) is 0. The third kappa shape index (κ3) is 4.10. The van der Waals surface area contributed by atoms with Crippen molar-refractivity contribution < 1.29 is 9.47 Å². The molecule has 0 bridgehead atoms. The van der Waals surface area contributed by atoms with Crippen LogP contribution in [-0.2, 0) is 9.47 Å². The first-order chi connectivity index (χ1) is 6.27. The first kappa shape index (κ1) is 12.9. The van der Waals surface area contributed by atoms with Crippen molar-refractivity contribution in [3.8, 4) is 0 Å². The van der Waals surface area contributed by atoms with Crippen molar-refractivity contribution in [1.29, 1.82) is 0 Å². The predicted octanol–water partition coefficient (Wildman–Crippen LogP) is 2.86. The van der Waals surface area contributed by atoms with Gasteiger partial charge in [0, 0.05) is 14.2 Å². The Labute approximate surface area is 82.6 Å². The monoisotopic (exact) mass is 188 g/mol. The molecule has 3 unspecified atom stereocenters. The molecule has 13 heavy (non-hydrogen) atoms. The van der Waals surface area contributed by atoms with Crippen molar-refractivity contribution in [1.82, 2.24) is 0 Å². The standard InChI is InChI=1S/C9H18O2.C2H6/c1-7-4-5-8(10-2)6-9(7)11-3;1-2/h7-9H,4-6H2,1-3H3;1-2H3. The van der Waals surface area contributed by atoms with E-state index in [1.165, 1.54) is 12.8 Å². The maximum Gasteiger partial charge on any atom is 0.0621 e. The highest BCUT2D eigenvalue weighted by atomic mass is 16.5. The van der Waals surface area contributed by atoms with Crippen LogP contribution in [0.5, 0.6) is 0 Å². The van der Waals surface area contributed by atoms with Crippen LogP contribution in [0.25, 0.3) is 0 Å². The van der Waals surface area contributed by atoms with Crippen LogP contribution >= 0.6 is 0 Å². The Balaban J connectivity index is 0.000000671. The summed E-state index contributed by atoms with van der Waals surface area (Å²) in [6, 6.07) is 0. The van der Waals surface area contributed by atoms with Gasteiger partial charge in [-0.05, 0) is 25.2 Å². The van der Waals surface area contributed by atoms with Gasteiger partial charge in [0.15, 0.2) is 0 Å². The van der Waals surface area contributed by atoms with Gasteiger partial charge < -0.3 is 9.47 Å². The molecule has 0 amide bonds. The van der Waals surface area contributed by atoms with Crippen molar-refractivity contribution in [3.63, 3.8) is 0 Å². The van der Waals surface area contributed by atoms with Crippen molar-refractivity contribution in [3.05, 3.63) is 0 Å². The zero-order valence-corrected chi connectivity index (χ0v) is 9.67. The van der Waals surface area contributed by atoms with Gasteiger partial charge in [0.05, 0.1) is 12.2 Å². The molecule has 1 fully saturated rings. The van der Waals surface area contributed by atoms with E-state index < -0.39 is 0 Å². The lowest BCUT2D eigenvalue weighted by molar-refractivity contribution is -0.0362. The van der Waals surface area contributed by atoms with E-state index in [2.05, 4.69) is 6.92 Å². The molecule has 1 aliphatic carbocycles. The molecule has 3 atom stereocenters. The Morgan fingerprint density at radius 2 is 1.62 bits per heavy atom. The van der Waals surface area contributed by atoms with E-state index in [-0.39, 0.29) is 0 Å². The minimum absolute atomic E-state index is 0.411. The third-order valence-electron chi connectivity index (χ3n) is 2.71. The highest BCUT2D eigenvalue weighted by Crippen LogP contribution is 2.27. The van der Waals surface area contributed by atoms with Crippen LogP contribution in [0.4, 0.5) is 0 Å². The lowest BCUT2D eigenvalue weighted by Crippen LogP contribution is -2.32.